The molecule has 18 heavy (non-hydrogen) atoms. The minimum Gasteiger partial charge on any atom is -0.618 e. The van der Waals surface area contributed by atoms with Crippen molar-refractivity contribution in [2.24, 2.45) is 0 Å². The van der Waals surface area contributed by atoms with Crippen LogP contribution < -0.4 is 0 Å². The summed E-state index contributed by atoms with van der Waals surface area (Å²) in [5, 5.41) is 12.0. The zero-order valence-electron chi connectivity index (χ0n) is 10.8. The molecule has 92 valence electrons. The lowest BCUT2D eigenvalue weighted by Gasteiger charge is -2.05. The average molecular weight is 239 g/mol. The Morgan fingerprint density at radius 3 is 2.44 bits per heavy atom. The maximum absolute atomic E-state index is 12.0. The summed E-state index contributed by atoms with van der Waals surface area (Å²) in [5.74, 6) is 0. The van der Waals surface area contributed by atoms with Crippen LogP contribution in [0.2, 0.25) is 0 Å². The Balaban J connectivity index is 2.33. The third kappa shape index (κ3) is 2.77. The van der Waals surface area contributed by atoms with E-state index in [1.807, 2.05) is 31.2 Å². The summed E-state index contributed by atoms with van der Waals surface area (Å²) < 4.78 is 0.911. The molecular weight excluding hydrogens is 222 g/mol. The van der Waals surface area contributed by atoms with Gasteiger partial charge in [-0.25, -0.2) is 0 Å². The Morgan fingerprint density at radius 1 is 1.11 bits per heavy atom. The molecule has 2 rings (SSSR count). The molecule has 0 atom stereocenters. The third-order valence-electron chi connectivity index (χ3n) is 3.01. The van der Waals surface area contributed by atoms with E-state index in [9.17, 15) is 5.21 Å². The second-order valence-corrected chi connectivity index (χ2v) is 4.33. The first-order chi connectivity index (χ1) is 8.70. The molecule has 0 amide bonds. The summed E-state index contributed by atoms with van der Waals surface area (Å²) in [7, 11) is 0. The first-order valence-electron chi connectivity index (χ1n) is 6.16. The van der Waals surface area contributed by atoms with Crippen LogP contribution in [0.5, 0.6) is 0 Å². The molecule has 0 bridgehead atoms. The van der Waals surface area contributed by atoms with Gasteiger partial charge in [0.15, 0.2) is 6.21 Å². The van der Waals surface area contributed by atoms with Crippen molar-refractivity contribution in [2.75, 3.05) is 0 Å². The highest BCUT2D eigenvalue weighted by Gasteiger charge is 2.03. The van der Waals surface area contributed by atoms with Crippen LogP contribution in [-0.2, 0) is 6.42 Å². The van der Waals surface area contributed by atoms with Gasteiger partial charge in [0.05, 0.1) is 0 Å². The summed E-state index contributed by atoms with van der Waals surface area (Å²) >= 11 is 0. The van der Waals surface area contributed by atoms with Gasteiger partial charge in [0.2, 0.25) is 5.69 Å². The van der Waals surface area contributed by atoms with E-state index in [2.05, 4.69) is 19.1 Å². The third-order valence-corrected chi connectivity index (χ3v) is 3.01. The summed E-state index contributed by atoms with van der Waals surface area (Å²) in [6.45, 7) is 4.16. The van der Waals surface area contributed by atoms with Crippen molar-refractivity contribution in [3.05, 3.63) is 70.4 Å². The van der Waals surface area contributed by atoms with Gasteiger partial charge < -0.3 is 5.21 Å². The van der Waals surface area contributed by atoms with Gasteiger partial charge in [0.25, 0.3) is 0 Å². The number of nitrogens with zero attached hydrogens (tertiary/aromatic N) is 1. The van der Waals surface area contributed by atoms with Crippen LogP contribution >= 0.6 is 0 Å². The molecule has 0 aliphatic rings. The van der Waals surface area contributed by atoms with Gasteiger partial charge in [-0.15, -0.1) is 0 Å². The number of aryl methyl sites for hydroxylation is 2. The van der Waals surface area contributed by atoms with Crippen LogP contribution in [0.3, 0.4) is 0 Å². The van der Waals surface area contributed by atoms with Crippen molar-refractivity contribution in [1.82, 2.24) is 0 Å². The van der Waals surface area contributed by atoms with E-state index < -0.39 is 0 Å². The van der Waals surface area contributed by atoms with Gasteiger partial charge in [0.1, 0.15) is 0 Å². The second-order valence-electron chi connectivity index (χ2n) is 4.33. The maximum Gasteiger partial charge on any atom is 0.216 e. The van der Waals surface area contributed by atoms with Gasteiger partial charge in [-0.1, -0.05) is 37.3 Å². The fourth-order valence-corrected chi connectivity index (χ4v) is 1.88. The summed E-state index contributed by atoms with van der Waals surface area (Å²) in [5.41, 5.74) is 4.04. The lowest BCUT2D eigenvalue weighted by atomic mass is 10.0. The summed E-state index contributed by atoms with van der Waals surface area (Å²) in [6, 6.07) is 15.4. The van der Waals surface area contributed by atoms with Crippen LogP contribution in [0.25, 0.3) is 0 Å². The van der Waals surface area contributed by atoms with Crippen LogP contribution in [0, 0.1) is 12.1 Å². The number of hydrogen-bond acceptors (Lipinski definition) is 1. The average Bonchev–Trinajstić information content (AvgIpc) is 2.42. The zero-order chi connectivity index (χ0) is 13.0. The number of rotatable bonds is 3. The molecule has 2 nitrogen and oxygen atoms in total. The lowest BCUT2D eigenvalue weighted by Crippen LogP contribution is -2.00. The molecule has 0 saturated heterocycles. The monoisotopic (exact) mass is 239 g/mol. The number of hydrogen-bond donors (Lipinski definition) is 0. The van der Waals surface area contributed by atoms with Crippen molar-refractivity contribution in [3.8, 4) is 0 Å². The molecule has 2 aromatic carbocycles. The standard InChI is InChI=1S/C16H17NO/c1-3-14-9-10-15(13(2)11-14)12-17(18)16-7-5-4-6-8-16/h4-12H,3H2,1-2H3. The van der Waals surface area contributed by atoms with E-state index in [-0.39, 0.29) is 0 Å². The van der Waals surface area contributed by atoms with Gasteiger partial charge in [-0.2, -0.15) is 4.74 Å². The number of benzene rings is 2. The zero-order valence-corrected chi connectivity index (χ0v) is 10.8. The molecule has 0 aliphatic carbocycles. The molecule has 0 radical (unpaired) electrons. The quantitative estimate of drug-likeness (QED) is 0.346. The molecule has 0 saturated carbocycles. The summed E-state index contributed by atoms with van der Waals surface area (Å²) in [6.07, 6.45) is 2.64. The predicted octanol–water partition coefficient (Wildman–Crippen LogP) is 3.82. The normalized spacial score (nSPS) is 11.6. The first-order valence-corrected chi connectivity index (χ1v) is 6.16. The van der Waals surface area contributed by atoms with E-state index in [1.165, 1.54) is 5.56 Å². The fourth-order valence-electron chi connectivity index (χ4n) is 1.88. The highest BCUT2D eigenvalue weighted by molar-refractivity contribution is 5.79. The highest BCUT2D eigenvalue weighted by Crippen LogP contribution is 2.13. The lowest BCUT2D eigenvalue weighted by molar-refractivity contribution is -0.354. The second kappa shape index (κ2) is 5.50. The Labute approximate surface area is 108 Å². The van der Waals surface area contributed by atoms with E-state index in [0.717, 1.165) is 22.3 Å². The molecule has 0 aromatic heterocycles. The minimum absolute atomic E-state index is 0.650. The Morgan fingerprint density at radius 2 is 1.83 bits per heavy atom. The van der Waals surface area contributed by atoms with Crippen molar-refractivity contribution in [2.45, 2.75) is 20.3 Å². The number of para-hydroxylation sites is 1. The van der Waals surface area contributed by atoms with Crippen molar-refractivity contribution < 1.29 is 4.74 Å². The van der Waals surface area contributed by atoms with Crippen molar-refractivity contribution >= 4 is 11.9 Å². The maximum atomic E-state index is 12.0. The molecule has 0 unspecified atom stereocenters. The molecule has 0 spiro atoms. The van der Waals surface area contributed by atoms with E-state index in [0.29, 0.717) is 5.69 Å². The van der Waals surface area contributed by atoms with Crippen molar-refractivity contribution in [1.29, 1.82) is 0 Å². The van der Waals surface area contributed by atoms with Crippen LogP contribution in [-0.4, -0.2) is 11.0 Å². The van der Waals surface area contributed by atoms with Gasteiger partial charge in [0, 0.05) is 17.7 Å². The van der Waals surface area contributed by atoms with E-state index in [1.54, 1.807) is 18.3 Å². The predicted molar refractivity (Wildman–Crippen MR) is 75.5 cm³/mol. The van der Waals surface area contributed by atoms with Crippen LogP contribution in [0.1, 0.15) is 23.6 Å². The topological polar surface area (TPSA) is 26.1 Å². The van der Waals surface area contributed by atoms with E-state index >= 15 is 0 Å². The smallest absolute Gasteiger partial charge is 0.216 e. The molecule has 2 aromatic rings. The highest BCUT2D eigenvalue weighted by atomic mass is 16.5. The van der Waals surface area contributed by atoms with Crippen LogP contribution in [0.15, 0.2) is 48.5 Å². The SMILES string of the molecule is CCc1ccc(C=[N+]([O-])c2ccccc2)c(C)c1. The molecular formula is C16H17NO. The van der Waals surface area contributed by atoms with E-state index in [4.69, 9.17) is 0 Å². The Bertz CT molecular complexity index is 559. The summed E-state index contributed by atoms with van der Waals surface area (Å²) in [4.78, 5) is 0. The van der Waals surface area contributed by atoms with Crippen molar-refractivity contribution in [3.63, 3.8) is 0 Å². The Hall–Kier alpha value is -2.09. The molecule has 0 heterocycles. The molecule has 0 fully saturated rings. The molecule has 0 aliphatic heterocycles. The first kappa shape index (κ1) is 12.4. The molecule has 2 heteroatoms. The fraction of sp³-hybridized carbons (Fsp3) is 0.188. The Kier molecular flexibility index (Phi) is 3.78. The molecule has 0 N–H and O–H groups in total. The van der Waals surface area contributed by atoms with Gasteiger partial charge >= 0.3 is 0 Å². The van der Waals surface area contributed by atoms with Crippen LogP contribution in [0.4, 0.5) is 5.69 Å². The van der Waals surface area contributed by atoms with Gasteiger partial charge in [-0.3, -0.25) is 0 Å². The minimum atomic E-state index is 0.650. The van der Waals surface area contributed by atoms with Gasteiger partial charge in [-0.05, 0) is 30.5 Å². The largest absolute Gasteiger partial charge is 0.618 e.